The molecule has 0 bridgehead atoms. The van der Waals surface area contributed by atoms with Gasteiger partial charge in [0.15, 0.2) is 0 Å². The van der Waals surface area contributed by atoms with Gasteiger partial charge in [-0.25, -0.2) is 4.98 Å². The smallest absolute Gasteiger partial charge is 0.224 e. The van der Waals surface area contributed by atoms with Crippen LogP contribution in [0.4, 0.5) is 11.5 Å². The highest BCUT2D eigenvalue weighted by atomic mass is 16.1. The molecule has 1 amide bonds. The van der Waals surface area contributed by atoms with Crippen molar-refractivity contribution in [3.63, 3.8) is 0 Å². The summed E-state index contributed by atoms with van der Waals surface area (Å²) < 4.78 is 0. The van der Waals surface area contributed by atoms with Gasteiger partial charge >= 0.3 is 0 Å². The lowest BCUT2D eigenvalue weighted by Crippen LogP contribution is -2.30. The molecular formula is C15H23N3O. The Morgan fingerprint density at radius 2 is 2.11 bits per heavy atom. The summed E-state index contributed by atoms with van der Waals surface area (Å²) in [5.41, 5.74) is 0.793. The first-order valence-electron chi connectivity index (χ1n) is 7.30. The SMILES string of the molecule is CCCCC(=O)Nc1ccc(N2CCCCC2)nc1. The van der Waals surface area contributed by atoms with Crippen LogP contribution in [0.15, 0.2) is 18.3 Å². The lowest BCUT2D eigenvalue weighted by Gasteiger charge is -2.27. The Morgan fingerprint density at radius 3 is 2.74 bits per heavy atom. The molecule has 0 aromatic carbocycles. The standard InChI is InChI=1S/C15H23N3O/c1-2-3-7-15(19)17-13-8-9-14(16-12-13)18-10-5-4-6-11-18/h8-9,12H,2-7,10-11H2,1H3,(H,17,19). The molecule has 1 aliphatic rings. The van der Waals surface area contributed by atoms with Crippen LogP contribution in [0.2, 0.25) is 0 Å². The van der Waals surface area contributed by atoms with Crippen molar-refractivity contribution in [3.8, 4) is 0 Å². The summed E-state index contributed by atoms with van der Waals surface area (Å²) in [7, 11) is 0. The predicted molar refractivity (Wildman–Crippen MR) is 78.5 cm³/mol. The third-order valence-electron chi connectivity index (χ3n) is 3.47. The van der Waals surface area contributed by atoms with E-state index in [0.717, 1.165) is 37.4 Å². The first-order chi connectivity index (χ1) is 9.29. The van der Waals surface area contributed by atoms with Crippen LogP contribution in [-0.2, 0) is 4.79 Å². The molecule has 0 radical (unpaired) electrons. The van der Waals surface area contributed by atoms with Gasteiger partial charge in [0.05, 0.1) is 11.9 Å². The van der Waals surface area contributed by atoms with Crippen LogP contribution < -0.4 is 10.2 Å². The maximum absolute atomic E-state index is 11.6. The number of anilines is 2. The molecular weight excluding hydrogens is 238 g/mol. The largest absolute Gasteiger partial charge is 0.357 e. The van der Waals surface area contributed by atoms with Gasteiger partial charge in [-0.1, -0.05) is 13.3 Å². The van der Waals surface area contributed by atoms with E-state index in [1.807, 2.05) is 12.1 Å². The van der Waals surface area contributed by atoms with Crippen LogP contribution in [0.1, 0.15) is 45.4 Å². The molecule has 104 valence electrons. The summed E-state index contributed by atoms with van der Waals surface area (Å²) in [4.78, 5) is 18.4. The van der Waals surface area contributed by atoms with Gasteiger partial charge in [0.2, 0.25) is 5.91 Å². The van der Waals surface area contributed by atoms with Crippen molar-refractivity contribution < 1.29 is 4.79 Å². The average molecular weight is 261 g/mol. The summed E-state index contributed by atoms with van der Waals surface area (Å²) in [6, 6.07) is 3.95. The Bertz CT molecular complexity index is 396. The molecule has 4 heteroatoms. The number of carbonyl (C=O) groups excluding carboxylic acids is 1. The Morgan fingerprint density at radius 1 is 1.32 bits per heavy atom. The molecule has 0 spiro atoms. The molecule has 1 aromatic rings. The molecule has 2 rings (SSSR count). The number of nitrogens with zero attached hydrogens (tertiary/aromatic N) is 2. The molecule has 0 atom stereocenters. The average Bonchev–Trinajstić information content (AvgIpc) is 2.47. The van der Waals surface area contributed by atoms with Gasteiger partial charge in [-0.3, -0.25) is 4.79 Å². The molecule has 19 heavy (non-hydrogen) atoms. The zero-order valence-electron chi connectivity index (χ0n) is 11.7. The number of unbranched alkanes of at least 4 members (excludes halogenated alkanes) is 1. The molecule has 0 aliphatic carbocycles. The van der Waals surface area contributed by atoms with Crippen LogP contribution in [0, 0.1) is 0 Å². The second kappa shape index (κ2) is 7.12. The van der Waals surface area contributed by atoms with E-state index < -0.39 is 0 Å². The second-order valence-corrected chi connectivity index (χ2v) is 5.10. The van der Waals surface area contributed by atoms with Crippen LogP contribution in [0.25, 0.3) is 0 Å². The van der Waals surface area contributed by atoms with E-state index in [9.17, 15) is 4.79 Å². The van der Waals surface area contributed by atoms with Crippen LogP contribution in [-0.4, -0.2) is 24.0 Å². The first kappa shape index (κ1) is 13.8. The van der Waals surface area contributed by atoms with E-state index in [0.29, 0.717) is 6.42 Å². The third-order valence-corrected chi connectivity index (χ3v) is 3.47. The van der Waals surface area contributed by atoms with Crippen molar-refractivity contribution in [1.82, 2.24) is 4.98 Å². The van der Waals surface area contributed by atoms with E-state index in [4.69, 9.17) is 0 Å². The van der Waals surface area contributed by atoms with Crippen LogP contribution >= 0.6 is 0 Å². The predicted octanol–water partition coefficient (Wildman–Crippen LogP) is 3.20. The van der Waals surface area contributed by atoms with Crippen molar-refractivity contribution in [2.75, 3.05) is 23.3 Å². The molecule has 1 saturated heterocycles. The first-order valence-corrected chi connectivity index (χ1v) is 7.30. The zero-order valence-corrected chi connectivity index (χ0v) is 11.7. The minimum Gasteiger partial charge on any atom is -0.357 e. The fourth-order valence-electron chi connectivity index (χ4n) is 2.33. The van der Waals surface area contributed by atoms with Gasteiger partial charge < -0.3 is 10.2 Å². The molecule has 0 saturated carbocycles. The Kier molecular flexibility index (Phi) is 5.19. The summed E-state index contributed by atoms with van der Waals surface area (Å²) >= 11 is 0. The molecule has 2 heterocycles. The van der Waals surface area contributed by atoms with Crippen LogP contribution in [0.5, 0.6) is 0 Å². The van der Waals surface area contributed by atoms with Gasteiger partial charge in [-0.15, -0.1) is 0 Å². The number of piperidine rings is 1. The topological polar surface area (TPSA) is 45.2 Å². The Hall–Kier alpha value is -1.58. The molecule has 1 aromatic heterocycles. The number of nitrogens with one attached hydrogen (secondary N) is 1. The highest BCUT2D eigenvalue weighted by Crippen LogP contribution is 2.19. The highest BCUT2D eigenvalue weighted by Gasteiger charge is 2.11. The van der Waals surface area contributed by atoms with Crippen molar-refractivity contribution in [2.24, 2.45) is 0 Å². The van der Waals surface area contributed by atoms with Gasteiger partial charge in [-0.2, -0.15) is 0 Å². The summed E-state index contributed by atoms with van der Waals surface area (Å²) in [6.07, 6.45) is 8.14. The maximum Gasteiger partial charge on any atom is 0.224 e. The molecule has 1 fully saturated rings. The lowest BCUT2D eigenvalue weighted by atomic mass is 10.1. The van der Waals surface area contributed by atoms with E-state index in [2.05, 4.69) is 22.1 Å². The van der Waals surface area contributed by atoms with E-state index in [1.54, 1.807) is 6.20 Å². The van der Waals surface area contributed by atoms with Gasteiger partial charge in [0.25, 0.3) is 0 Å². The summed E-state index contributed by atoms with van der Waals surface area (Å²) in [5, 5.41) is 2.89. The minimum atomic E-state index is 0.0781. The number of rotatable bonds is 5. The fourth-order valence-corrected chi connectivity index (χ4v) is 2.33. The van der Waals surface area contributed by atoms with Crippen molar-refractivity contribution in [1.29, 1.82) is 0 Å². The van der Waals surface area contributed by atoms with Gasteiger partial charge in [0.1, 0.15) is 5.82 Å². The zero-order chi connectivity index (χ0) is 13.5. The van der Waals surface area contributed by atoms with E-state index in [-0.39, 0.29) is 5.91 Å². The van der Waals surface area contributed by atoms with Crippen molar-refractivity contribution in [3.05, 3.63) is 18.3 Å². The number of carbonyl (C=O) groups is 1. The molecule has 1 N–H and O–H groups in total. The lowest BCUT2D eigenvalue weighted by molar-refractivity contribution is -0.116. The normalized spacial score (nSPS) is 15.3. The third kappa shape index (κ3) is 4.23. The quantitative estimate of drug-likeness (QED) is 0.885. The number of amides is 1. The van der Waals surface area contributed by atoms with Crippen LogP contribution in [0.3, 0.4) is 0 Å². The Balaban J connectivity index is 1.88. The van der Waals surface area contributed by atoms with E-state index in [1.165, 1.54) is 19.3 Å². The monoisotopic (exact) mass is 261 g/mol. The maximum atomic E-state index is 11.6. The number of pyridine rings is 1. The summed E-state index contributed by atoms with van der Waals surface area (Å²) in [5.74, 6) is 1.10. The molecule has 1 aliphatic heterocycles. The van der Waals surface area contributed by atoms with Crippen molar-refractivity contribution in [2.45, 2.75) is 45.4 Å². The Labute approximate surface area is 115 Å². The summed E-state index contributed by atoms with van der Waals surface area (Å²) in [6.45, 7) is 4.27. The second-order valence-electron chi connectivity index (χ2n) is 5.10. The number of hydrogen-bond donors (Lipinski definition) is 1. The number of aromatic nitrogens is 1. The minimum absolute atomic E-state index is 0.0781. The van der Waals surface area contributed by atoms with E-state index >= 15 is 0 Å². The highest BCUT2D eigenvalue weighted by molar-refractivity contribution is 5.90. The van der Waals surface area contributed by atoms with Crippen molar-refractivity contribution >= 4 is 17.4 Å². The molecule has 4 nitrogen and oxygen atoms in total. The molecule has 0 unspecified atom stereocenters. The van der Waals surface area contributed by atoms with Gasteiger partial charge in [-0.05, 0) is 37.8 Å². The van der Waals surface area contributed by atoms with Gasteiger partial charge in [0, 0.05) is 19.5 Å². The number of hydrogen-bond acceptors (Lipinski definition) is 3. The fraction of sp³-hybridized carbons (Fsp3) is 0.600.